The number of hydrogen-bond acceptors (Lipinski definition) is 3. The number of likely N-dealkylation sites (tertiary alicyclic amines) is 1. The van der Waals surface area contributed by atoms with Gasteiger partial charge in [-0.25, -0.2) is 0 Å². The summed E-state index contributed by atoms with van der Waals surface area (Å²) in [5.41, 5.74) is 2.79. The second-order valence-electron chi connectivity index (χ2n) is 5.00. The van der Waals surface area contributed by atoms with Gasteiger partial charge in [-0.15, -0.1) is 0 Å². The second kappa shape index (κ2) is 5.86. The molecule has 0 unspecified atom stereocenters. The lowest BCUT2D eigenvalue weighted by molar-refractivity contribution is -0.138. The quantitative estimate of drug-likeness (QED) is 0.851. The van der Waals surface area contributed by atoms with Crippen molar-refractivity contribution in [2.24, 2.45) is 0 Å². The number of benzene rings is 1. The van der Waals surface area contributed by atoms with Crippen molar-refractivity contribution < 1.29 is 14.4 Å². The van der Waals surface area contributed by atoms with Crippen LogP contribution >= 0.6 is 0 Å². The number of nitrogens with one attached hydrogen (secondary N) is 1. The van der Waals surface area contributed by atoms with E-state index >= 15 is 0 Å². The van der Waals surface area contributed by atoms with Crippen LogP contribution in [0, 0.1) is 13.8 Å². The summed E-state index contributed by atoms with van der Waals surface area (Å²) in [5, 5.41) is 2.84. The number of aryl methyl sites for hydroxylation is 2. The fourth-order valence-electron chi connectivity index (χ4n) is 2.30. The van der Waals surface area contributed by atoms with Crippen molar-refractivity contribution in [2.75, 3.05) is 11.9 Å². The number of para-hydroxylation sites is 1. The Morgan fingerprint density at radius 3 is 2.25 bits per heavy atom. The molecule has 0 radical (unpaired) electrons. The largest absolute Gasteiger partial charge is 0.326 e. The van der Waals surface area contributed by atoms with Gasteiger partial charge in [-0.05, 0) is 25.0 Å². The van der Waals surface area contributed by atoms with Crippen LogP contribution in [0.1, 0.15) is 30.4 Å². The average molecular weight is 274 g/mol. The van der Waals surface area contributed by atoms with Crippen molar-refractivity contribution >= 4 is 23.4 Å². The van der Waals surface area contributed by atoms with Crippen molar-refractivity contribution in [3.63, 3.8) is 0 Å². The number of rotatable bonds is 4. The average Bonchev–Trinajstić information content (AvgIpc) is 2.71. The van der Waals surface area contributed by atoms with Crippen LogP contribution in [0.25, 0.3) is 0 Å². The third-order valence-electron chi connectivity index (χ3n) is 3.46. The first-order chi connectivity index (χ1) is 9.49. The molecule has 1 aromatic rings. The first-order valence-electron chi connectivity index (χ1n) is 6.68. The molecule has 5 heteroatoms. The number of hydrogen-bond donors (Lipinski definition) is 1. The minimum atomic E-state index is -0.185. The maximum absolute atomic E-state index is 11.9. The van der Waals surface area contributed by atoms with Crippen LogP contribution in [0.5, 0.6) is 0 Å². The molecule has 0 spiro atoms. The van der Waals surface area contributed by atoms with Gasteiger partial charge < -0.3 is 5.32 Å². The zero-order chi connectivity index (χ0) is 14.7. The van der Waals surface area contributed by atoms with Gasteiger partial charge in [0, 0.05) is 31.5 Å². The van der Waals surface area contributed by atoms with Gasteiger partial charge in [0.25, 0.3) is 0 Å². The summed E-state index contributed by atoms with van der Waals surface area (Å²) in [6, 6.07) is 5.79. The summed E-state index contributed by atoms with van der Waals surface area (Å²) in [6.45, 7) is 4.01. The lowest BCUT2D eigenvalue weighted by atomic mass is 10.1. The Labute approximate surface area is 118 Å². The van der Waals surface area contributed by atoms with Gasteiger partial charge in [0.15, 0.2) is 0 Å². The molecule has 1 aliphatic heterocycles. The monoisotopic (exact) mass is 274 g/mol. The molecule has 0 bridgehead atoms. The van der Waals surface area contributed by atoms with Gasteiger partial charge in [-0.1, -0.05) is 18.2 Å². The van der Waals surface area contributed by atoms with E-state index in [0.717, 1.165) is 16.8 Å². The van der Waals surface area contributed by atoms with Crippen LogP contribution in [0.3, 0.4) is 0 Å². The smallest absolute Gasteiger partial charge is 0.229 e. The number of imide groups is 1. The predicted octanol–water partition coefficient (Wildman–Crippen LogP) is 1.78. The molecule has 0 aliphatic carbocycles. The molecule has 2 rings (SSSR count). The van der Waals surface area contributed by atoms with Crippen LogP contribution in [0.2, 0.25) is 0 Å². The number of anilines is 1. The van der Waals surface area contributed by atoms with Crippen LogP contribution in [0.4, 0.5) is 5.69 Å². The second-order valence-corrected chi connectivity index (χ2v) is 5.00. The van der Waals surface area contributed by atoms with Gasteiger partial charge in [-0.3, -0.25) is 19.3 Å². The standard InChI is InChI=1S/C15H18N2O3/c1-10-4-3-5-11(2)15(10)16-12(18)8-9-17-13(19)6-7-14(17)20/h3-5H,6-9H2,1-2H3,(H,16,18). The van der Waals surface area contributed by atoms with E-state index in [1.54, 1.807) is 0 Å². The van der Waals surface area contributed by atoms with Crippen molar-refractivity contribution in [3.05, 3.63) is 29.3 Å². The highest BCUT2D eigenvalue weighted by Gasteiger charge is 2.28. The molecule has 1 N–H and O–H groups in total. The van der Waals surface area contributed by atoms with Crippen LogP contribution < -0.4 is 5.32 Å². The summed E-state index contributed by atoms with van der Waals surface area (Å²) >= 11 is 0. The summed E-state index contributed by atoms with van der Waals surface area (Å²) in [5.74, 6) is -0.556. The van der Waals surface area contributed by atoms with E-state index in [4.69, 9.17) is 0 Å². The van der Waals surface area contributed by atoms with E-state index in [9.17, 15) is 14.4 Å². The first kappa shape index (κ1) is 14.2. The third kappa shape index (κ3) is 3.04. The first-order valence-corrected chi connectivity index (χ1v) is 6.68. The van der Waals surface area contributed by atoms with Crippen molar-refractivity contribution in [2.45, 2.75) is 33.1 Å². The molecule has 3 amide bonds. The predicted molar refractivity (Wildman–Crippen MR) is 75.1 cm³/mol. The topological polar surface area (TPSA) is 66.5 Å². The minimum Gasteiger partial charge on any atom is -0.326 e. The van der Waals surface area contributed by atoms with Gasteiger partial charge >= 0.3 is 0 Å². The van der Waals surface area contributed by atoms with Crippen LogP contribution in [-0.4, -0.2) is 29.2 Å². The highest BCUT2D eigenvalue weighted by Crippen LogP contribution is 2.19. The number of carbonyl (C=O) groups is 3. The van der Waals surface area contributed by atoms with Gasteiger partial charge in [0.05, 0.1) is 0 Å². The highest BCUT2D eigenvalue weighted by atomic mass is 16.2. The molecule has 1 aromatic carbocycles. The van der Waals surface area contributed by atoms with Gasteiger partial charge in [-0.2, -0.15) is 0 Å². The van der Waals surface area contributed by atoms with E-state index in [0.29, 0.717) is 0 Å². The summed E-state index contributed by atoms with van der Waals surface area (Å²) in [7, 11) is 0. The fraction of sp³-hybridized carbons (Fsp3) is 0.400. The zero-order valence-electron chi connectivity index (χ0n) is 11.7. The minimum absolute atomic E-state index is 0.130. The summed E-state index contributed by atoms with van der Waals surface area (Å²) in [6.07, 6.45) is 0.653. The molecule has 5 nitrogen and oxygen atoms in total. The third-order valence-corrected chi connectivity index (χ3v) is 3.46. The lowest BCUT2D eigenvalue weighted by Crippen LogP contribution is -2.32. The van der Waals surface area contributed by atoms with Crippen LogP contribution in [-0.2, 0) is 14.4 Å². The normalized spacial score (nSPS) is 14.8. The number of nitrogens with zero attached hydrogens (tertiary/aromatic N) is 1. The zero-order valence-corrected chi connectivity index (χ0v) is 11.7. The van der Waals surface area contributed by atoms with E-state index in [1.165, 1.54) is 4.90 Å². The maximum atomic E-state index is 11.9. The molecule has 0 aromatic heterocycles. The molecule has 1 fully saturated rings. The SMILES string of the molecule is Cc1cccc(C)c1NC(=O)CCN1C(=O)CCC1=O. The highest BCUT2D eigenvalue weighted by molar-refractivity contribution is 6.02. The Morgan fingerprint density at radius 2 is 1.70 bits per heavy atom. The molecule has 20 heavy (non-hydrogen) atoms. The fourth-order valence-corrected chi connectivity index (χ4v) is 2.30. The molecule has 1 heterocycles. The Morgan fingerprint density at radius 1 is 1.15 bits per heavy atom. The maximum Gasteiger partial charge on any atom is 0.229 e. The van der Waals surface area contributed by atoms with E-state index in [-0.39, 0.29) is 43.5 Å². The summed E-state index contributed by atoms with van der Waals surface area (Å²) < 4.78 is 0. The Balaban J connectivity index is 1.93. The van der Waals surface area contributed by atoms with Crippen molar-refractivity contribution in [1.29, 1.82) is 0 Å². The Kier molecular flexibility index (Phi) is 4.17. The molecular weight excluding hydrogens is 256 g/mol. The van der Waals surface area contributed by atoms with Crippen LogP contribution in [0.15, 0.2) is 18.2 Å². The molecule has 1 aliphatic rings. The number of amides is 3. The number of carbonyl (C=O) groups excluding carboxylic acids is 3. The molecule has 106 valence electrons. The van der Waals surface area contributed by atoms with E-state index in [1.807, 2.05) is 32.0 Å². The lowest BCUT2D eigenvalue weighted by Gasteiger charge is -2.15. The Bertz CT molecular complexity index is 530. The summed E-state index contributed by atoms with van der Waals surface area (Å²) in [4.78, 5) is 36.0. The van der Waals surface area contributed by atoms with Gasteiger partial charge in [0.1, 0.15) is 0 Å². The molecule has 1 saturated heterocycles. The van der Waals surface area contributed by atoms with Gasteiger partial charge in [0.2, 0.25) is 17.7 Å². The molecule has 0 saturated carbocycles. The Hall–Kier alpha value is -2.17. The molecular formula is C15H18N2O3. The van der Waals surface area contributed by atoms with E-state index in [2.05, 4.69) is 5.32 Å². The van der Waals surface area contributed by atoms with Crippen molar-refractivity contribution in [3.8, 4) is 0 Å². The van der Waals surface area contributed by atoms with E-state index < -0.39 is 0 Å². The van der Waals surface area contributed by atoms with Crippen molar-refractivity contribution in [1.82, 2.24) is 4.90 Å². The molecule has 0 atom stereocenters.